The Bertz CT molecular complexity index is 898. The van der Waals surface area contributed by atoms with E-state index in [1.54, 1.807) is 6.07 Å². The molecule has 0 spiro atoms. The molecule has 0 atom stereocenters. The minimum atomic E-state index is -0.235. The first-order chi connectivity index (χ1) is 12.1. The van der Waals surface area contributed by atoms with Gasteiger partial charge in [0, 0.05) is 17.1 Å². The number of halogens is 1. The maximum atomic E-state index is 12.4. The number of anilines is 2. The minimum Gasteiger partial charge on any atom is -0.347 e. The number of para-hydroxylation sites is 1. The molecule has 0 unspecified atom stereocenters. The maximum Gasteiger partial charge on any atom is 0.270 e. The summed E-state index contributed by atoms with van der Waals surface area (Å²) in [5.41, 5.74) is 3.41. The highest BCUT2D eigenvalue weighted by atomic mass is 79.9. The van der Waals surface area contributed by atoms with Crippen molar-refractivity contribution in [2.75, 3.05) is 5.32 Å². The smallest absolute Gasteiger partial charge is 0.270 e. The van der Waals surface area contributed by atoms with Gasteiger partial charge in [0.2, 0.25) is 0 Å². The number of aromatic nitrogens is 2. The Morgan fingerprint density at radius 1 is 1.08 bits per heavy atom. The van der Waals surface area contributed by atoms with Crippen molar-refractivity contribution in [3.8, 4) is 0 Å². The molecule has 1 heterocycles. The highest BCUT2D eigenvalue weighted by Gasteiger charge is 2.10. The van der Waals surface area contributed by atoms with Crippen LogP contribution in [0, 0.1) is 6.92 Å². The van der Waals surface area contributed by atoms with E-state index in [0.29, 0.717) is 18.1 Å². The topological polar surface area (TPSA) is 66.9 Å². The minimum absolute atomic E-state index is 0.235. The lowest BCUT2D eigenvalue weighted by Gasteiger charge is -2.10. The van der Waals surface area contributed by atoms with Crippen LogP contribution in [0.25, 0.3) is 0 Å². The summed E-state index contributed by atoms with van der Waals surface area (Å²) >= 11 is 3.47. The summed E-state index contributed by atoms with van der Waals surface area (Å²) in [5, 5.41) is 6.06. The van der Waals surface area contributed by atoms with Crippen LogP contribution >= 0.6 is 15.9 Å². The van der Waals surface area contributed by atoms with Gasteiger partial charge in [-0.25, -0.2) is 9.97 Å². The monoisotopic (exact) mass is 396 g/mol. The summed E-state index contributed by atoms with van der Waals surface area (Å²) in [6.07, 6.45) is 1.38. The third-order valence-corrected chi connectivity index (χ3v) is 4.43. The number of carbonyl (C=O) groups is 1. The fourth-order valence-corrected chi connectivity index (χ4v) is 2.71. The Balaban J connectivity index is 1.69. The standard InChI is InChI=1S/C19H17BrN4O/c1-13-6-2-3-7-14(13)11-21-19(25)17-10-18(23-12-22-17)24-16-9-5-4-8-15(16)20/h2-10,12H,11H2,1H3,(H,21,25)(H,22,23,24). The van der Waals surface area contributed by atoms with Crippen LogP contribution in [0.2, 0.25) is 0 Å². The van der Waals surface area contributed by atoms with Crippen molar-refractivity contribution in [1.82, 2.24) is 15.3 Å². The summed E-state index contributed by atoms with van der Waals surface area (Å²) in [5.74, 6) is 0.323. The van der Waals surface area contributed by atoms with Crippen molar-refractivity contribution in [1.29, 1.82) is 0 Å². The van der Waals surface area contributed by atoms with E-state index in [9.17, 15) is 4.79 Å². The van der Waals surface area contributed by atoms with E-state index >= 15 is 0 Å². The van der Waals surface area contributed by atoms with Gasteiger partial charge in [-0.05, 0) is 46.1 Å². The highest BCUT2D eigenvalue weighted by Crippen LogP contribution is 2.24. The van der Waals surface area contributed by atoms with Crippen LogP contribution in [0.15, 0.2) is 65.4 Å². The fraction of sp³-hybridized carbons (Fsp3) is 0.105. The molecule has 0 saturated heterocycles. The van der Waals surface area contributed by atoms with Gasteiger partial charge in [-0.15, -0.1) is 0 Å². The molecule has 2 aromatic carbocycles. The number of nitrogens with zero attached hydrogens (tertiary/aromatic N) is 2. The third kappa shape index (κ3) is 4.42. The molecule has 3 rings (SSSR count). The number of hydrogen-bond acceptors (Lipinski definition) is 4. The van der Waals surface area contributed by atoms with Gasteiger partial charge < -0.3 is 10.6 Å². The van der Waals surface area contributed by atoms with E-state index < -0.39 is 0 Å². The average molecular weight is 397 g/mol. The Hall–Kier alpha value is -2.73. The molecular formula is C19H17BrN4O. The summed E-state index contributed by atoms with van der Waals surface area (Å²) < 4.78 is 0.916. The molecular weight excluding hydrogens is 380 g/mol. The maximum absolute atomic E-state index is 12.4. The van der Waals surface area contributed by atoms with E-state index in [2.05, 4.69) is 36.5 Å². The van der Waals surface area contributed by atoms with Crippen molar-refractivity contribution in [3.63, 3.8) is 0 Å². The number of nitrogens with one attached hydrogen (secondary N) is 2. The van der Waals surface area contributed by atoms with E-state index in [1.807, 2.05) is 55.5 Å². The summed E-state index contributed by atoms with van der Waals surface area (Å²) in [6.45, 7) is 2.48. The summed E-state index contributed by atoms with van der Waals surface area (Å²) in [4.78, 5) is 20.6. The van der Waals surface area contributed by atoms with Gasteiger partial charge in [-0.2, -0.15) is 0 Å². The Kier molecular flexibility index (Phi) is 5.40. The Morgan fingerprint density at radius 2 is 1.84 bits per heavy atom. The largest absolute Gasteiger partial charge is 0.347 e. The first-order valence-corrected chi connectivity index (χ1v) is 8.59. The predicted octanol–water partition coefficient (Wildman–Crippen LogP) is 4.22. The van der Waals surface area contributed by atoms with Gasteiger partial charge in [-0.1, -0.05) is 36.4 Å². The molecule has 126 valence electrons. The molecule has 1 amide bonds. The second-order valence-electron chi connectivity index (χ2n) is 5.50. The number of benzene rings is 2. The lowest BCUT2D eigenvalue weighted by molar-refractivity contribution is 0.0945. The Morgan fingerprint density at radius 3 is 2.64 bits per heavy atom. The molecule has 2 N–H and O–H groups in total. The van der Waals surface area contributed by atoms with Gasteiger partial charge in [0.05, 0.1) is 5.69 Å². The van der Waals surface area contributed by atoms with E-state index in [1.165, 1.54) is 6.33 Å². The summed E-state index contributed by atoms with van der Waals surface area (Å²) in [7, 11) is 0. The van der Waals surface area contributed by atoms with Crippen molar-refractivity contribution < 1.29 is 4.79 Å². The lowest BCUT2D eigenvalue weighted by atomic mass is 10.1. The number of aryl methyl sites for hydroxylation is 1. The molecule has 0 aliphatic rings. The molecule has 0 aliphatic heterocycles. The van der Waals surface area contributed by atoms with Crippen LogP contribution in [0.3, 0.4) is 0 Å². The number of carbonyl (C=O) groups excluding carboxylic acids is 1. The zero-order valence-corrected chi connectivity index (χ0v) is 15.2. The molecule has 0 saturated carbocycles. The molecule has 0 fully saturated rings. The van der Waals surface area contributed by atoms with Crippen LogP contribution in [-0.4, -0.2) is 15.9 Å². The SMILES string of the molecule is Cc1ccccc1CNC(=O)c1cc(Nc2ccccc2Br)ncn1. The van der Waals surface area contributed by atoms with Crippen LogP contribution < -0.4 is 10.6 Å². The second kappa shape index (κ2) is 7.90. The van der Waals surface area contributed by atoms with Gasteiger partial charge in [-0.3, -0.25) is 4.79 Å². The van der Waals surface area contributed by atoms with E-state index in [0.717, 1.165) is 21.3 Å². The van der Waals surface area contributed by atoms with Crippen LogP contribution in [0.1, 0.15) is 21.6 Å². The zero-order chi connectivity index (χ0) is 17.6. The molecule has 0 radical (unpaired) electrons. The van der Waals surface area contributed by atoms with Crippen molar-refractivity contribution in [3.05, 3.63) is 82.2 Å². The third-order valence-electron chi connectivity index (χ3n) is 3.74. The average Bonchev–Trinajstić information content (AvgIpc) is 2.63. The number of rotatable bonds is 5. The summed E-state index contributed by atoms with van der Waals surface area (Å²) in [6, 6.07) is 17.3. The molecule has 5 nitrogen and oxygen atoms in total. The van der Waals surface area contributed by atoms with Gasteiger partial charge in [0.1, 0.15) is 17.8 Å². The van der Waals surface area contributed by atoms with Gasteiger partial charge in [0.25, 0.3) is 5.91 Å². The van der Waals surface area contributed by atoms with Crippen molar-refractivity contribution in [2.45, 2.75) is 13.5 Å². The first kappa shape index (κ1) is 17.1. The first-order valence-electron chi connectivity index (χ1n) is 7.80. The number of hydrogen-bond donors (Lipinski definition) is 2. The molecule has 0 aliphatic carbocycles. The van der Waals surface area contributed by atoms with Crippen molar-refractivity contribution >= 4 is 33.3 Å². The van der Waals surface area contributed by atoms with Crippen LogP contribution in [0.4, 0.5) is 11.5 Å². The van der Waals surface area contributed by atoms with Crippen molar-refractivity contribution in [2.24, 2.45) is 0 Å². The Labute approximate surface area is 154 Å². The molecule has 25 heavy (non-hydrogen) atoms. The van der Waals surface area contributed by atoms with E-state index in [-0.39, 0.29) is 5.91 Å². The second-order valence-corrected chi connectivity index (χ2v) is 6.36. The van der Waals surface area contributed by atoms with Gasteiger partial charge >= 0.3 is 0 Å². The lowest BCUT2D eigenvalue weighted by Crippen LogP contribution is -2.24. The fourth-order valence-electron chi connectivity index (χ4n) is 2.32. The predicted molar refractivity (Wildman–Crippen MR) is 102 cm³/mol. The number of amides is 1. The van der Waals surface area contributed by atoms with Crippen LogP contribution in [0.5, 0.6) is 0 Å². The van der Waals surface area contributed by atoms with Gasteiger partial charge in [0.15, 0.2) is 0 Å². The van der Waals surface area contributed by atoms with E-state index in [4.69, 9.17) is 0 Å². The highest BCUT2D eigenvalue weighted by molar-refractivity contribution is 9.10. The molecule has 3 aromatic rings. The molecule has 0 bridgehead atoms. The molecule has 1 aromatic heterocycles. The molecule has 6 heteroatoms. The quantitative estimate of drug-likeness (QED) is 0.677. The van der Waals surface area contributed by atoms with Crippen LogP contribution in [-0.2, 0) is 6.54 Å². The zero-order valence-electron chi connectivity index (χ0n) is 13.7. The normalized spacial score (nSPS) is 10.3.